The Morgan fingerprint density at radius 3 is 2.31 bits per heavy atom. The van der Waals surface area contributed by atoms with Crippen LogP contribution in [0, 0.1) is 5.92 Å². The van der Waals surface area contributed by atoms with E-state index in [2.05, 4.69) is 0 Å². The summed E-state index contributed by atoms with van der Waals surface area (Å²) in [6.45, 7) is 5.18. The standard InChI is InChI=1S/C9H19NO3/c1-7(9(2,3)12)6-8(11)13-10(4)5/h7,12H,6H2,1-5H3. The zero-order valence-electron chi connectivity index (χ0n) is 9.00. The van der Waals surface area contributed by atoms with Crippen molar-refractivity contribution in [3.63, 3.8) is 0 Å². The largest absolute Gasteiger partial charge is 0.390 e. The van der Waals surface area contributed by atoms with Gasteiger partial charge in [-0.25, -0.2) is 0 Å². The zero-order valence-corrected chi connectivity index (χ0v) is 9.00. The first-order valence-corrected chi connectivity index (χ1v) is 4.34. The molecule has 0 saturated carbocycles. The van der Waals surface area contributed by atoms with Crippen molar-refractivity contribution in [3.8, 4) is 0 Å². The number of carbonyl (C=O) groups is 1. The maximum Gasteiger partial charge on any atom is 0.325 e. The average Bonchev–Trinajstić information content (AvgIpc) is 1.82. The third-order valence-electron chi connectivity index (χ3n) is 1.96. The molecule has 0 aliphatic carbocycles. The lowest BCUT2D eigenvalue weighted by Gasteiger charge is -2.25. The van der Waals surface area contributed by atoms with Gasteiger partial charge in [0.25, 0.3) is 0 Å². The van der Waals surface area contributed by atoms with Gasteiger partial charge in [0, 0.05) is 14.1 Å². The molecule has 0 fully saturated rings. The Kier molecular flexibility index (Phi) is 4.36. The molecule has 0 rings (SSSR count). The first-order chi connectivity index (χ1) is 5.73. The van der Waals surface area contributed by atoms with Crippen LogP contribution in [-0.2, 0) is 9.63 Å². The van der Waals surface area contributed by atoms with E-state index in [1.807, 2.05) is 6.92 Å². The second-order valence-corrected chi connectivity index (χ2v) is 4.03. The zero-order chi connectivity index (χ0) is 10.6. The molecule has 0 radical (unpaired) electrons. The van der Waals surface area contributed by atoms with Crippen molar-refractivity contribution < 1.29 is 14.7 Å². The molecule has 0 bridgehead atoms. The Labute approximate surface area is 79.4 Å². The summed E-state index contributed by atoms with van der Waals surface area (Å²) < 4.78 is 0. The van der Waals surface area contributed by atoms with Gasteiger partial charge < -0.3 is 9.94 Å². The van der Waals surface area contributed by atoms with Gasteiger partial charge in [-0.15, -0.1) is 5.06 Å². The average molecular weight is 189 g/mol. The summed E-state index contributed by atoms with van der Waals surface area (Å²) in [5, 5.41) is 10.9. The van der Waals surface area contributed by atoms with Gasteiger partial charge in [-0.05, 0) is 19.8 Å². The molecule has 78 valence electrons. The van der Waals surface area contributed by atoms with E-state index in [1.54, 1.807) is 27.9 Å². The summed E-state index contributed by atoms with van der Waals surface area (Å²) in [4.78, 5) is 15.9. The number of rotatable bonds is 4. The Balaban J connectivity index is 3.93. The summed E-state index contributed by atoms with van der Waals surface area (Å²) >= 11 is 0. The fourth-order valence-electron chi connectivity index (χ4n) is 0.741. The maximum atomic E-state index is 11.1. The predicted octanol–water partition coefficient (Wildman–Crippen LogP) is 0.803. The Morgan fingerprint density at radius 2 is 2.00 bits per heavy atom. The van der Waals surface area contributed by atoms with E-state index in [0.29, 0.717) is 0 Å². The minimum atomic E-state index is -0.842. The highest BCUT2D eigenvalue weighted by Crippen LogP contribution is 2.19. The Hall–Kier alpha value is -0.610. The number of nitrogens with zero attached hydrogens (tertiary/aromatic N) is 1. The molecule has 4 heteroatoms. The molecule has 1 unspecified atom stereocenters. The van der Waals surface area contributed by atoms with Crippen LogP contribution in [-0.4, -0.2) is 35.8 Å². The lowest BCUT2D eigenvalue weighted by atomic mass is 9.90. The van der Waals surface area contributed by atoms with Gasteiger partial charge >= 0.3 is 5.97 Å². The van der Waals surface area contributed by atoms with Gasteiger partial charge in [0.2, 0.25) is 0 Å². The minimum Gasteiger partial charge on any atom is -0.390 e. The first kappa shape index (κ1) is 12.4. The fourth-order valence-corrected chi connectivity index (χ4v) is 0.741. The van der Waals surface area contributed by atoms with Crippen molar-refractivity contribution in [2.45, 2.75) is 32.8 Å². The highest BCUT2D eigenvalue weighted by atomic mass is 16.7. The predicted molar refractivity (Wildman–Crippen MR) is 49.9 cm³/mol. The molecular formula is C9H19NO3. The number of hydroxylamine groups is 2. The van der Waals surface area contributed by atoms with Gasteiger partial charge in [0.1, 0.15) is 0 Å². The van der Waals surface area contributed by atoms with Crippen molar-refractivity contribution in [2.24, 2.45) is 5.92 Å². The lowest BCUT2D eigenvalue weighted by Crippen LogP contribution is -2.32. The van der Waals surface area contributed by atoms with Crippen molar-refractivity contribution in [2.75, 3.05) is 14.1 Å². The van der Waals surface area contributed by atoms with Gasteiger partial charge in [0.05, 0.1) is 12.0 Å². The van der Waals surface area contributed by atoms with Crippen molar-refractivity contribution in [1.29, 1.82) is 0 Å². The van der Waals surface area contributed by atoms with Crippen molar-refractivity contribution in [3.05, 3.63) is 0 Å². The molecule has 0 aliphatic heterocycles. The highest BCUT2D eigenvalue weighted by Gasteiger charge is 2.25. The summed E-state index contributed by atoms with van der Waals surface area (Å²) in [6, 6.07) is 0. The molecule has 0 aromatic carbocycles. The molecule has 0 aromatic rings. The highest BCUT2D eigenvalue weighted by molar-refractivity contribution is 5.69. The van der Waals surface area contributed by atoms with Crippen LogP contribution >= 0.6 is 0 Å². The van der Waals surface area contributed by atoms with Crippen molar-refractivity contribution >= 4 is 5.97 Å². The fraction of sp³-hybridized carbons (Fsp3) is 0.889. The molecule has 0 heterocycles. The van der Waals surface area contributed by atoms with Gasteiger partial charge in [-0.1, -0.05) is 6.92 Å². The van der Waals surface area contributed by atoms with Crippen LogP contribution in [0.25, 0.3) is 0 Å². The van der Waals surface area contributed by atoms with Gasteiger partial charge in [-0.2, -0.15) is 0 Å². The van der Waals surface area contributed by atoms with Gasteiger partial charge in [0.15, 0.2) is 0 Å². The third kappa shape index (κ3) is 5.60. The number of aliphatic hydroxyl groups is 1. The molecule has 0 amide bonds. The van der Waals surface area contributed by atoms with E-state index in [0.717, 1.165) is 0 Å². The molecule has 0 aromatic heterocycles. The molecule has 1 atom stereocenters. The summed E-state index contributed by atoms with van der Waals surface area (Å²) in [6.07, 6.45) is 0.224. The van der Waals surface area contributed by atoms with E-state index in [9.17, 15) is 9.90 Å². The second-order valence-electron chi connectivity index (χ2n) is 4.03. The van der Waals surface area contributed by atoms with Gasteiger partial charge in [-0.3, -0.25) is 4.79 Å². The van der Waals surface area contributed by atoms with Crippen LogP contribution in [0.3, 0.4) is 0 Å². The smallest absolute Gasteiger partial charge is 0.325 e. The molecule has 1 N–H and O–H groups in total. The van der Waals surface area contributed by atoms with E-state index >= 15 is 0 Å². The van der Waals surface area contributed by atoms with Crippen LogP contribution in [0.15, 0.2) is 0 Å². The molecule has 0 saturated heterocycles. The monoisotopic (exact) mass is 189 g/mol. The minimum absolute atomic E-state index is 0.111. The summed E-state index contributed by atoms with van der Waals surface area (Å²) in [5.74, 6) is -0.431. The van der Waals surface area contributed by atoms with E-state index < -0.39 is 5.60 Å². The van der Waals surface area contributed by atoms with Crippen LogP contribution in [0.4, 0.5) is 0 Å². The summed E-state index contributed by atoms with van der Waals surface area (Å²) in [7, 11) is 3.29. The Bertz CT molecular complexity index is 172. The van der Waals surface area contributed by atoms with Crippen LogP contribution in [0.2, 0.25) is 0 Å². The Morgan fingerprint density at radius 1 is 1.54 bits per heavy atom. The normalized spacial score (nSPS) is 14.4. The molecule has 13 heavy (non-hydrogen) atoms. The van der Waals surface area contributed by atoms with Crippen LogP contribution < -0.4 is 0 Å². The third-order valence-corrected chi connectivity index (χ3v) is 1.96. The number of hydrogen-bond acceptors (Lipinski definition) is 4. The van der Waals surface area contributed by atoms with Crippen LogP contribution in [0.5, 0.6) is 0 Å². The number of carbonyl (C=O) groups excluding carboxylic acids is 1. The van der Waals surface area contributed by atoms with E-state index in [-0.39, 0.29) is 18.3 Å². The molecule has 0 aliphatic rings. The topological polar surface area (TPSA) is 49.8 Å². The maximum absolute atomic E-state index is 11.1. The number of hydrogen-bond donors (Lipinski definition) is 1. The first-order valence-electron chi connectivity index (χ1n) is 4.34. The van der Waals surface area contributed by atoms with E-state index in [4.69, 9.17) is 4.84 Å². The molecule has 4 nitrogen and oxygen atoms in total. The lowest BCUT2D eigenvalue weighted by molar-refractivity contribution is -0.181. The van der Waals surface area contributed by atoms with Crippen molar-refractivity contribution in [1.82, 2.24) is 5.06 Å². The van der Waals surface area contributed by atoms with E-state index in [1.165, 1.54) is 5.06 Å². The SMILES string of the molecule is CC(CC(=O)ON(C)C)C(C)(C)O. The summed E-state index contributed by atoms with van der Waals surface area (Å²) in [5.41, 5.74) is -0.842. The van der Waals surface area contributed by atoms with Crippen LogP contribution in [0.1, 0.15) is 27.2 Å². The second kappa shape index (κ2) is 4.58. The molecule has 0 spiro atoms. The molecular weight excluding hydrogens is 170 g/mol. The quantitative estimate of drug-likeness (QED) is 0.665.